The molecule has 3 nitrogen and oxygen atoms in total. The molecule has 1 unspecified atom stereocenters. The van der Waals surface area contributed by atoms with Gasteiger partial charge in [0, 0.05) is 10.9 Å². The molecule has 2 aromatic rings. The first-order valence-corrected chi connectivity index (χ1v) is 6.84. The molecule has 0 radical (unpaired) electrons. The van der Waals surface area contributed by atoms with Crippen molar-refractivity contribution in [3.63, 3.8) is 0 Å². The quantitative estimate of drug-likeness (QED) is 0.782. The molecule has 0 saturated carbocycles. The van der Waals surface area contributed by atoms with Crippen LogP contribution >= 0.6 is 0 Å². The van der Waals surface area contributed by atoms with Crippen LogP contribution in [-0.2, 0) is 12.0 Å². The van der Waals surface area contributed by atoms with Crippen LogP contribution in [0, 0.1) is 11.3 Å². The molecule has 0 amide bonds. The van der Waals surface area contributed by atoms with Crippen LogP contribution in [0.5, 0.6) is 0 Å². The average molecular weight is 330 g/mol. The molecule has 0 aliphatic heterocycles. The van der Waals surface area contributed by atoms with Crippen molar-refractivity contribution in [1.82, 2.24) is 4.98 Å². The standard InChI is InChI=1S/C15H11F5N2O/c16-14(17,15(18,19)20)13(23)5-1-2-9-10-6-8(7-21)3-4-11(10)22-12(9)13/h3-4,6,22-23H,1-2,5H2. The summed E-state index contributed by atoms with van der Waals surface area (Å²) in [5, 5.41) is 19.5. The molecule has 23 heavy (non-hydrogen) atoms. The fraction of sp³-hybridized carbons (Fsp3) is 0.400. The zero-order chi connectivity index (χ0) is 17.0. The first-order valence-electron chi connectivity index (χ1n) is 6.84. The number of aliphatic hydroxyl groups is 1. The summed E-state index contributed by atoms with van der Waals surface area (Å²) in [6.45, 7) is 0. The largest absolute Gasteiger partial charge is 0.456 e. The maximum atomic E-state index is 13.9. The van der Waals surface area contributed by atoms with E-state index in [0.717, 1.165) is 0 Å². The van der Waals surface area contributed by atoms with Crippen LogP contribution < -0.4 is 0 Å². The Morgan fingerprint density at radius 2 is 1.91 bits per heavy atom. The smallest absolute Gasteiger partial charge is 0.377 e. The predicted octanol–water partition coefficient (Wildman–Crippen LogP) is 3.76. The normalized spacial score (nSPS) is 22.0. The summed E-state index contributed by atoms with van der Waals surface area (Å²) < 4.78 is 66.1. The van der Waals surface area contributed by atoms with Crippen LogP contribution in [0.3, 0.4) is 0 Å². The van der Waals surface area contributed by atoms with E-state index in [1.165, 1.54) is 18.2 Å². The van der Waals surface area contributed by atoms with Gasteiger partial charge >= 0.3 is 12.1 Å². The minimum Gasteiger partial charge on any atom is -0.377 e. The summed E-state index contributed by atoms with van der Waals surface area (Å²) in [5.41, 5.74) is -3.08. The van der Waals surface area contributed by atoms with Gasteiger partial charge in [-0.05, 0) is 43.0 Å². The van der Waals surface area contributed by atoms with Crippen molar-refractivity contribution in [3.8, 4) is 6.07 Å². The molecule has 0 bridgehead atoms. The SMILES string of the molecule is N#Cc1ccc2[nH]c3c(c2c1)CCCC3(O)C(F)(F)C(F)(F)F. The van der Waals surface area contributed by atoms with Gasteiger partial charge in [0.1, 0.15) is 0 Å². The van der Waals surface area contributed by atoms with Crippen molar-refractivity contribution in [3.05, 3.63) is 35.0 Å². The van der Waals surface area contributed by atoms with E-state index in [1.54, 1.807) is 0 Å². The van der Waals surface area contributed by atoms with E-state index >= 15 is 0 Å². The molecule has 0 spiro atoms. The highest BCUT2D eigenvalue weighted by atomic mass is 19.4. The number of alkyl halides is 5. The molecular formula is C15H11F5N2O. The molecule has 1 heterocycles. The van der Waals surface area contributed by atoms with Crippen molar-refractivity contribution in [2.75, 3.05) is 0 Å². The number of aromatic amines is 1. The molecule has 8 heteroatoms. The minimum absolute atomic E-state index is 0.0150. The number of aromatic nitrogens is 1. The number of H-pyrrole nitrogens is 1. The fourth-order valence-corrected chi connectivity index (χ4v) is 3.12. The van der Waals surface area contributed by atoms with Gasteiger partial charge in [-0.15, -0.1) is 0 Å². The fourth-order valence-electron chi connectivity index (χ4n) is 3.12. The molecule has 0 saturated heterocycles. The Morgan fingerprint density at radius 1 is 1.22 bits per heavy atom. The van der Waals surface area contributed by atoms with Gasteiger partial charge in [0.05, 0.1) is 17.3 Å². The highest BCUT2D eigenvalue weighted by Gasteiger charge is 2.71. The number of benzene rings is 1. The van der Waals surface area contributed by atoms with E-state index in [4.69, 9.17) is 5.26 Å². The van der Waals surface area contributed by atoms with Gasteiger partial charge in [-0.25, -0.2) is 0 Å². The van der Waals surface area contributed by atoms with E-state index in [-0.39, 0.29) is 24.0 Å². The number of hydrogen-bond donors (Lipinski definition) is 2. The Labute approximate surface area is 127 Å². The Kier molecular flexibility index (Phi) is 3.20. The molecule has 1 aliphatic carbocycles. The topological polar surface area (TPSA) is 59.8 Å². The first kappa shape index (κ1) is 15.7. The van der Waals surface area contributed by atoms with Gasteiger partial charge in [-0.3, -0.25) is 0 Å². The van der Waals surface area contributed by atoms with Gasteiger partial charge in [0.15, 0.2) is 5.60 Å². The van der Waals surface area contributed by atoms with Crippen LogP contribution in [0.15, 0.2) is 18.2 Å². The van der Waals surface area contributed by atoms with Crippen molar-refractivity contribution < 1.29 is 27.1 Å². The molecule has 3 rings (SSSR count). The number of nitrogens with zero attached hydrogens (tertiary/aromatic N) is 1. The lowest BCUT2D eigenvalue weighted by Crippen LogP contribution is -2.56. The van der Waals surface area contributed by atoms with E-state index in [1.807, 2.05) is 6.07 Å². The second-order valence-corrected chi connectivity index (χ2v) is 5.64. The molecule has 1 atom stereocenters. The summed E-state index contributed by atoms with van der Waals surface area (Å²) in [6.07, 6.45) is -6.34. The Bertz CT molecular complexity index is 818. The number of hydrogen-bond acceptors (Lipinski definition) is 2. The first-order chi connectivity index (χ1) is 10.6. The van der Waals surface area contributed by atoms with E-state index in [9.17, 15) is 27.1 Å². The monoisotopic (exact) mass is 330 g/mol. The van der Waals surface area contributed by atoms with Gasteiger partial charge in [-0.1, -0.05) is 0 Å². The third-order valence-electron chi connectivity index (χ3n) is 4.29. The van der Waals surface area contributed by atoms with Crippen LogP contribution in [-0.4, -0.2) is 22.2 Å². The predicted molar refractivity (Wildman–Crippen MR) is 70.9 cm³/mol. The Hall–Kier alpha value is -2.14. The Morgan fingerprint density at radius 3 is 2.52 bits per heavy atom. The third-order valence-corrected chi connectivity index (χ3v) is 4.29. The van der Waals surface area contributed by atoms with E-state index < -0.39 is 29.8 Å². The van der Waals surface area contributed by atoms with Crippen molar-refractivity contribution in [1.29, 1.82) is 5.26 Å². The second-order valence-electron chi connectivity index (χ2n) is 5.64. The zero-order valence-electron chi connectivity index (χ0n) is 11.6. The summed E-state index contributed by atoms with van der Waals surface area (Å²) in [5.74, 6) is -5.28. The average Bonchev–Trinajstić information content (AvgIpc) is 2.85. The van der Waals surface area contributed by atoms with Gasteiger partial charge in [0.25, 0.3) is 0 Å². The number of nitriles is 1. The van der Waals surface area contributed by atoms with Gasteiger partial charge in [-0.2, -0.15) is 27.2 Å². The van der Waals surface area contributed by atoms with Crippen molar-refractivity contribution in [2.45, 2.75) is 37.0 Å². The van der Waals surface area contributed by atoms with Crippen LogP contribution in [0.25, 0.3) is 10.9 Å². The molecule has 1 aromatic heterocycles. The number of rotatable bonds is 1. The second kappa shape index (κ2) is 4.68. The molecule has 1 aliphatic rings. The van der Waals surface area contributed by atoms with Gasteiger partial charge in [0.2, 0.25) is 0 Å². The van der Waals surface area contributed by atoms with Crippen molar-refractivity contribution in [2.24, 2.45) is 0 Å². The van der Waals surface area contributed by atoms with Gasteiger partial charge < -0.3 is 10.1 Å². The van der Waals surface area contributed by atoms with Crippen LogP contribution in [0.4, 0.5) is 22.0 Å². The number of aryl methyl sites for hydroxylation is 1. The summed E-state index contributed by atoms with van der Waals surface area (Å²) in [4.78, 5) is 2.50. The molecule has 122 valence electrons. The highest BCUT2D eigenvalue weighted by Crippen LogP contribution is 2.53. The number of fused-ring (bicyclic) bond motifs is 3. The maximum absolute atomic E-state index is 13.9. The lowest BCUT2D eigenvalue weighted by atomic mass is 9.78. The third kappa shape index (κ3) is 2.03. The lowest BCUT2D eigenvalue weighted by molar-refractivity contribution is -0.349. The van der Waals surface area contributed by atoms with E-state index in [2.05, 4.69) is 4.98 Å². The molecule has 1 aromatic carbocycles. The molecule has 2 N–H and O–H groups in total. The zero-order valence-corrected chi connectivity index (χ0v) is 11.6. The lowest BCUT2D eigenvalue weighted by Gasteiger charge is -2.39. The summed E-state index contributed by atoms with van der Waals surface area (Å²) >= 11 is 0. The summed E-state index contributed by atoms with van der Waals surface area (Å²) in [6, 6.07) is 6.16. The number of halogens is 5. The molecule has 0 fully saturated rings. The Balaban J connectivity index is 2.26. The van der Waals surface area contributed by atoms with Crippen LogP contribution in [0.2, 0.25) is 0 Å². The van der Waals surface area contributed by atoms with Crippen molar-refractivity contribution >= 4 is 10.9 Å². The van der Waals surface area contributed by atoms with Crippen LogP contribution in [0.1, 0.15) is 29.7 Å². The number of nitrogens with one attached hydrogen (secondary N) is 1. The summed E-state index contributed by atoms with van der Waals surface area (Å²) in [7, 11) is 0. The maximum Gasteiger partial charge on any atom is 0.456 e. The molecular weight excluding hydrogens is 319 g/mol. The van der Waals surface area contributed by atoms with E-state index in [0.29, 0.717) is 10.9 Å². The minimum atomic E-state index is -5.87. The highest BCUT2D eigenvalue weighted by molar-refractivity contribution is 5.86.